The first-order valence-electron chi connectivity index (χ1n) is 6.00. The summed E-state index contributed by atoms with van der Waals surface area (Å²) >= 11 is 1.47. The van der Waals surface area contributed by atoms with Crippen molar-refractivity contribution in [2.45, 2.75) is 23.8 Å². The van der Waals surface area contributed by atoms with Crippen molar-refractivity contribution >= 4 is 23.6 Å². The number of amides is 2. The fourth-order valence-corrected chi connectivity index (χ4v) is 2.54. The summed E-state index contributed by atoms with van der Waals surface area (Å²) in [5, 5.41) is 5.52. The Morgan fingerprint density at radius 3 is 2.89 bits per heavy atom. The molecule has 1 aromatic rings. The van der Waals surface area contributed by atoms with Gasteiger partial charge in [0, 0.05) is 11.4 Å². The van der Waals surface area contributed by atoms with Crippen molar-refractivity contribution in [1.82, 2.24) is 10.6 Å². The zero-order valence-electron chi connectivity index (χ0n) is 10.0. The van der Waals surface area contributed by atoms with Gasteiger partial charge in [0.05, 0.1) is 5.75 Å². The van der Waals surface area contributed by atoms with Crippen LogP contribution in [0.1, 0.15) is 12.8 Å². The molecule has 1 fully saturated rings. The van der Waals surface area contributed by atoms with E-state index in [1.165, 1.54) is 11.8 Å². The van der Waals surface area contributed by atoms with E-state index in [1.54, 1.807) is 0 Å². The van der Waals surface area contributed by atoms with E-state index in [0.29, 0.717) is 12.3 Å². The van der Waals surface area contributed by atoms with Gasteiger partial charge < -0.3 is 10.6 Å². The highest BCUT2D eigenvalue weighted by Crippen LogP contribution is 2.16. The van der Waals surface area contributed by atoms with Gasteiger partial charge in [-0.2, -0.15) is 0 Å². The van der Waals surface area contributed by atoms with E-state index in [0.717, 1.165) is 17.7 Å². The van der Waals surface area contributed by atoms with Gasteiger partial charge in [0.2, 0.25) is 11.8 Å². The molecule has 0 unspecified atom stereocenters. The molecule has 2 N–H and O–H groups in total. The molecule has 1 aromatic carbocycles. The lowest BCUT2D eigenvalue weighted by Gasteiger charge is -2.22. The first-order valence-corrected chi connectivity index (χ1v) is 6.99. The van der Waals surface area contributed by atoms with Gasteiger partial charge in [0.25, 0.3) is 0 Å². The van der Waals surface area contributed by atoms with Crippen LogP contribution < -0.4 is 10.6 Å². The van der Waals surface area contributed by atoms with Gasteiger partial charge in [-0.1, -0.05) is 18.2 Å². The minimum absolute atomic E-state index is 0.0701. The number of thioether (sulfide) groups is 1. The first-order chi connectivity index (χ1) is 8.75. The second-order valence-electron chi connectivity index (χ2n) is 4.16. The maximum atomic E-state index is 11.7. The molecule has 1 saturated heterocycles. The molecule has 0 aliphatic carbocycles. The molecular weight excluding hydrogens is 248 g/mol. The lowest BCUT2D eigenvalue weighted by Crippen LogP contribution is -2.50. The molecular formula is C13H16N2O2S. The van der Waals surface area contributed by atoms with Crippen molar-refractivity contribution < 1.29 is 9.59 Å². The van der Waals surface area contributed by atoms with Crippen LogP contribution in [0.15, 0.2) is 35.2 Å². The smallest absolute Gasteiger partial charge is 0.242 e. The average molecular weight is 264 g/mol. The molecule has 2 amide bonds. The van der Waals surface area contributed by atoms with Crippen molar-refractivity contribution in [1.29, 1.82) is 0 Å². The van der Waals surface area contributed by atoms with E-state index in [1.807, 2.05) is 30.3 Å². The summed E-state index contributed by atoms with van der Waals surface area (Å²) in [6.45, 7) is 0.712. The van der Waals surface area contributed by atoms with Crippen molar-refractivity contribution in [3.8, 4) is 0 Å². The summed E-state index contributed by atoms with van der Waals surface area (Å²) in [5.41, 5.74) is 0. The molecule has 1 aliphatic rings. The van der Waals surface area contributed by atoms with Gasteiger partial charge in [0.15, 0.2) is 0 Å². The van der Waals surface area contributed by atoms with Gasteiger partial charge in [-0.05, 0) is 25.0 Å². The average Bonchev–Trinajstić information content (AvgIpc) is 2.40. The number of rotatable bonds is 4. The highest BCUT2D eigenvalue weighted by molar-refractivity contribution is 8.00. The first kappa shape index (κ1) is 13.0. The fraction of sp³-hybridized carbons (Fsp3) is 0.385. The third-order valence-corrected chi connectivity index (χ3v) is 3.75. The van der Waals surface area contributed by atoms with Crippen LogP contribution in [0.4, 0.5) is 0 Å². The molecule has 18 heavy (non-hydrogen) atoms. The molecule has 0 aromatic heterocycles. The SMILES string of the molecule is O=C(CSc1ccccc1)N[C@@H]1CCCNC1=O. The topological polar surface area (TPSA) is 58.2 Å². The number of hydrogen-bond donors (Lipinski definition) is 2. The summed E-state index contributed by atoms with van der Waals surface area (Å²) in [4.78, 5) is 24.2. The standard InChI is InChI=1S/C13H16N2O2S/c16-12(9-18-10-5-2-1-3-6-10)15-11-7-4-8-14-13(11)17/h1-3,5-6,11H,4,7-9H2,(H,14,17)(H,15,16)/t11-/m1/s1. The molecule has 5 heteroatoms. The molecule has 2 rings (SSSR count). The van der Waals surface area contributed by atoms with Gasteiger partial charge in [-0.15, -0.1) is 11.8 Å². The number of carbonyl (C=O) groups is 2. The Bertz CT molecular complexity index is 422. The van der Waals surface area contributed by atoms with Crippen LogP contribution in [0.3, 0.4) is 0 Å². The molecule has 0 saturated carbocycles. The zero-order valence-corrected chi connectivity index (χ0v) is 10.8. The molecule has 0 radical (unpaired) electrons. The second-order valence-corrected chi connectivity index (χ2v) is 5.20. The lowest BCUT2D eigenvalue weighted by atomic mass is 10.1. The summed E-state index contributed by atoms with van der Waals surface area (Å²) in [7, 11) is 0. The monoisotopic (exact) mass is 264 g/mol. The van der Waals surface area contributed by atoms with Crippen molar-refractivity contribution in [2.24, 2.45) is 0 Å². The minimum atomic E-state index is -0.359. The van der Waals surface area contributed by atoms with Gasteiger partial charge in [-0.3, -0.25) is 9.59 Å². The molecule has 1 atom stereocenters. The van der Waals surface area contributed by atoms with Crippen molar-refractivity contribution in [2.75, 3.05) is 12.3 Å². The largest absolute Gasteiger partial charge is 0.354 e. The van der Waals surface area contributed by atoms with Crippen LogP contribution in [0.5, 0.6) is 0 Å². The molecule has 1 aliphatic heterocycles. The Labute approximate surface area is 111 Å². The zero-order chi connectivity index (χ0) is 12.8. The van der Waals surface area contributed by atoms with Crippen molar-refractivity contribution in [3.05, 3.63) is 30.3 Å². The number of benzene rings is 1. The normalized spacial score (nSPS) is 19.1. The van der Waals surface area contributed by atoms with Crippen LogP contribution in [-0.2, 0) is 9.59 Å². The van der Waals surface area contributed by atoms with E-state index in [9.17, 15) is 9.59 Å². The quantitative estimate of drug-likeness (QED) is 0.803. The van der Waals surface area contributed by atoms with Crippen LogP contribution in [0.2, 0.25) is 0 Å². The summed E-state index contributed by atoms with van der Waals surface area (Å²) in [6, 6.07) is 9.39. The Kier molecular flexibility index (Phi) is 4.64. The molecule has 1 heterocycles. The van der Waals surface area contributed by atoms with Crippen LogP contribution in [0.25, 0.3) is 0 Å². The van der Waals surface area contributed by atoms with Gasteiger partial charge in [-0.25, -0.2) is 0 Å². The van der Waals surface area contributed by atoms with Crippen molar-refractivity contribution in [3.63, 3.8) is 0 Å². The van der Waals surface area contributed by atoms with Crippen LogP contribution in [-0.4, -0.2) is 30.2 Å². The summed E-state index contributed by atoms with van der Waals surface area (Å²) < 4.78 is 0. The van der Waals surface area contributed by atoms with Gasteiger partial charge >= 0.3 is 0 Å². The Hall–Kier alpha value is -1.49. The predicted octanol–water partition coefficient (Wildman–Crippen LogP) is 1.17. The minimum Gasteiger partial charge on any atom is -0.354 e. The third-order valence-electron chi connectivity index (χ3n) is 2.73. The summed E-state index contributed by atoms with van der Waals surface area (Å²) in [6.07, 6.45) is 1.65. The Morgan fingerprint density at radius 2 is 2.17 bits per heavy atom. The van der Waals surface area contributed by atoms with E-state index < -0.39 is 0 Å². The summed E-state index contributed by atoms with van der Waals surface area (Å²) in [5.74, 6) is 0.179. The van der Waals surface area contributed by atoms with Crippen LogP contribution >= 0.6 is 11.8 Å². The highest BCUT2D eigenvalue weighted by Gasteiger charge is 2.23. The fourth-order valence-electron chi connectivity index (χ4n) is 1.81. The molecule has 0 bridgehead atoms. The number of hydrogen-bond acceptors (Lipinski definition) is 3. The Balaban J connectivity index is 1.76. The Morgan fingerprint density at radius 1 is 1.39 bits per heavy atom. The van der Waals surface area contributed by atoms with E-state index in [2.05, 4.69) is 10.6 Å². The highest BCUT2D eigenvalue weighted by atomic mass is 32.2. The predicted molar refractivity (Wildman–Crippen MR) is 71.3 cm³/mol. The number of nitrogens with one attached hydrogen (secondary N) is 2. The van der Waals surface area contributed by atoms with Gasteiger partial charge in [0.1, 0.15) is 6.04 Å². The lowest BCUT2D eigenvalue weighted by molar-refractivity contribution is -0.129. The van der Waals surface area contributed by atoms with Crippen LogP contribution in [0, 0.1) is 0 Å². The molecule has 4 nitrogen and oxygen atoms in total. The van der Waals surface area contributed by atoms with E-state index >= 15 is 0 Å². The maximum Gasteiger partial charge on any atom is 0.242 e. The third kappa shape index (κ3) is 3.77. The second kappa shape index (κ2) is 6.44. The molecule has 96 valence electrons. The van der Waals surface area contributed by atoms with E-state index in [4.69, 9.17) is 0 Å². The number of piperidine rings is 1. The number of carbonyl (C=O) groups excluding carboxylic acids is 2. The molecule has 0 spiro atoms. The van der Waals surface area contributed by atoms with E-state index in [-0.39, 0.29) is 17.9 Å². The maximum absolute atomic E-state index is 11.7.